The van der Waals surface area contributed by atoms with Gasteiger partial charge < -0.3 is 9.47 Å². The highest BCUT2D eigenvalue weighted by Crippen LogP contribution is 2.29. The van der Waals surface area contributed by atoms with Crippen molar-refractivity contribution in [3.63, 3.8) is 0 Å². The van der Waals surface area contributed by atoms with Crippen molar-refractivity contribution in [2.24, 2.45) is 5.92 Å². The summed E-state index contributed by atoms with van der Waals surface area (Å²) in [4.78, 5) is 0. The van der Waals surface area contributed by atoms with E-state index >= 15 is 0 Å². The summed E-state index contributed by atoms with van der Waals surface area (Å²) in [5.41, 5.74) is 1.05. The minimum atomic E-state index is 0.492. The molecule has 0 spiro atoms. The van der Waals surface area contributed by atoms with Crippen molar-refractivity contribution < 1.29 is 9.47 Å². The van der Waals surface area contributed by atoms with Crippen LogP contribution in [-0.4, -0.2) is 13.2 Å². The first-order valence-electron chi connectivity index (χ1n) is 6.11. The third-order valence-corrected chi connectivity index (χ3v) is 2.72. The van der Waals surface area contributed by atoms with Gasteiger partial charge in [-0.3, -0.25) is 0 Å². The maximum atomic E-state index is 5.80. The maximum absolute atomic E-state index is 5.80. The van der Waals surface area contributed by atoms with E-state index in [1.54, 1.807) is 0 Å². The summed E-state index contributed by atoms with van der Waals surface area (Å²) >= 11 is 5.80. The molecule has 0 aromatic heterocycles. The van der Waals surface area contributed by atoms with Gasteiger partial charge in [0.1, 0.15) is 0 Å². The van der Waals surface area contributed by atoms with Gasteiger partial charge in [-0.25, -0.2) is 0 Å². The molecule has 1 aromatic carbocycles. The summed E-state index contributed by atoms with van der Waals surface area (Å²) in [6.45, 7) is 7.68. The fourth-order valence-corrected chi connectivity index (χ4v) is 1.59. The molecule has 1 rings (SSSR count). The van der Waals surface area contributed by atoms with Crippen molar-refractivity contribution in [3.05, 3.63) is 23.8 Å². The van der Waals surface area contributed by atoms with E-state index in [-0.39, 0.29) is 0 Å². The Morgan fingerprint density at radius 1 is 1.18 bits per heavy atom. The third kappa shape index (κ3) is 4.86. The highest BCUT2D eigenvalue weighted by atomic mass is 35.5. The summed E-state index contributed by atoms with van der Waals surface area (Å²) in [5, 5.41) is 0. The van der Waals surface area contributed by atoms with Crippen LogP contribution in [0.1, 0.15) is 32.8 Å². The van der Waals surface area contributed by atoms with Crippen LogP contribution in [-0.2, 0) is 5.88 Å². The van der Waals surface area contributed by atoms with Crippen molar-refractivity contribution in [2.75, 3.05) is 13.2 Å². The second-order valence-electron chi connectivity index (χ2n) is 4.38. The van der Waals surface area contributed by atoms with Gasteiger partial charge in [0.25, 0.3) is 0 Å². The lowest BCUT2D eigenvalue weighted by atomic mass is 10.1. The zero-order valence-electron chi connectivity index (χ0n) is 10.8. The topological polar surface area (TPSA) is 18.5 Å². The molecule has 0 fully saturated rings. The minimum Gasteiger partial charge on any atom is -0.490 e. The molecule has 0 atom stereocenters. The monoisotopic (exact) mass is 256 g/mol. The van der Waals surface area contributed by atoms with Gasteiger partial charge in [-0.15, -0.1) is 11.6 Å². The lowest BCUT2D eigenvalue weighted by molar-refractivity contribution is 0.261. The molecule has 96 valence electrons. The number of alkyl halides is 1. The number of hydrogen-bond acceptors (Lipinski definition) is 2. The maximum Gasteiger partial charge on any atom is 0.161 e. The number of halogens is 1. The summed E-state index contributed by atoms with van der Waals surface area (Å²) in [6, 6.07) is 5.85. The van der Waals surface area contributed by atoms with Gasteiger partial charge in [0.2, 0.25) is 0 Å². The van der Waals surface area contributed by atoms with E-state index < -0.39 is 0 Å². The molecule has 3 heteroatoms. The van der Waals surface area contributed by atoms with Gasteiger partial charge in [-0.05, 0) is 37.0 Å². The predicted molar refractivity (Wildman–Crippen MR) is 72.1 cm³/mol. The van der Waals surface area contributed by atoms with Gasteiger partial charge in [0.05, 0.1) is 13.2 Å². The molecule has 2 nitrogen and oxygen atoms in total. The van der Waals surface area contributed by atoms with Crippen LogP contribution in [0.15, 0.2) is 18.2 Å². The molecule has 0 saturated heterocycles. The molecular formula is C14H21ClO2. The Hall–Kier alpha value is -0.890. The standard InChI is InChI=1S/C14H21ClO2/c1-4-16-14-9-12(10-15)5-6-13(14)17-8-7-11(2)3/h5-6,9,11H,4,7-8,10H2,1-3H3. The largest absolute Gasteiger partial charge is 0.490 e. The van der Waals surface area contributed by atoms with Crippen LogP contribution in [0, 0.1) is 5.92 Å². The third-order valence-electron chi connectivity index (χ3n) is 2.42. The van der Waals surface area contributed by atoms with E-state index in [0.29, 0.717) is 18.4 Å². The van der Waals surface area contributed by atoms with E-state index in [9.17, 15) is 0 Å². The molecule has 0 N–H and O–H groups in total. The molecule has 0 unspecified atom stereocenters. The van der Waals surface area contributed by atoms with Crippen LogP contribution in [0.3, 0.4) is 0 Å². The fourth-order valence-electron chi connectivity index (χ4n) is 1.43. The number of benzene rings is 1. The first-order valence-corrected chi connectivity index (χ1v) is 6.65. The minimum absolute atomic E-state index is 0.492. The Morgan fingerprint density at radius 3 is 2.53 bits per heavy atom. The SMILES string of the molecule is CCOc1cc(CCl)ccc1OCCC(C)C. The van der Waals surface area contributed by atoms with Crippen LogP contribution in [0.25, 0.3) is 0 Å². The van der Waals surface area contributed by atoms with Gasteiger partial charge in [-0.1, -0.05) is 19.9 Å². The molecule has 0 aliphatic carbocycles. The first-order chi connectivity index (χ1) is 8.17. The van der Waals surface area contributed by atoms with E-state index in [1.165, 1.54) is 0 Å². The quantitative estimate of drug-likeness (QED) is 0.679. The number of ether oxygens (including phenoxy) is 2. The van der Waals surface area contributed by atoms with Crippen LogP contribution in [0.4, 0.5) is 0 Å². The molecule has 0 aliphatic rings. The van der Waals surface area contributed by atoms with E-state index in [4.69, 9.17) is 21.1 Å². The highest BCUT2D eigenvalue weighted by molar-refractivity contribution is 6.17. The second kappa shape index (κ2) is 7.44. The lowest BCUT2D eigenvalue weighted by Gasteiger charge is -2.13. The Balaban J connectivity index is 2.68. The van der Waals surface area contributed by atoms with Gasteiger partial charge >= 0.3 is 0 Å². The van der Waals surface area contributed by atoms with Crippen LogP contribution >= 0.6 is 11.6 Å². The normalized spacial score (nSPS) is 10.6. The zero-order valence-corrected chi connectivity index (χ0v) is 11.6. The van der Waals surface area contributed by atoms with Gasteiger partial charge in [0.15, 0.2) is 11.5 Å². The molecule has 0 aliphatic heterocycles. The molecule has 0 heterocycles. The fraction of sp³-hybridized carbons (Fsp3) is 0.571. The average molecular weight is 257 g/mol. The first kappa shape index (κ1) is 14.2. The molecule has 0 amide bonds. The van der Waals surface area contributed by atoms with Crippen molar-refractivity contribution in [1.29, 1.82) is 0 Å². The molecule has 17 heavy (non-hydrogen) atoms. The molecule has 0 radical (unpaired) electrons. The average Bonchev–Trinajstić information content (AvgIpc) is 2.31. The molecule has 0 saturated carbocycles. The van der Waals surface area contributed by atoms with Crippen molar-refractivity contribution in [2.45, 2.75) is 33.1 Å². The van der Waals surface area contributed by atoms with E-state index in [1.807, 2.05) is 25.1 Å². The Morgan fingerprint density at radius 2 is 1.94 bits per heavy atom. The predicted octanol–water partition coefficient (Wildman–Crippen LogP) is 4.25. The lowest BCUT2D eigenvalue weighted by Crippen LogP contribution is -2.03. The van der Waals surface area contributed by atoms with Crippen LogP contribution in [0.2, 0.25) is 0 Å². The van der Waals surface area contributed by atoms with E-state index in [2.05, 4.69) is 13.8 Å². The Labute approximate surface area is 109 Å². The Kier molecular flexibility index (Phi) is 6.20. The van der Waals surface area contributed by atoms with Crippen molar-refractivity contribution in [3.8, 4) is 11.5 Å². The number of hydrogen-bond donors (Lipinski definition) is 0. The zero-order chi connectivity index (χ0) is 12.7. The second-order valence-corrected chi connectivity index (χ2v) is 4.65. The van der Waals surface area contributed by atoms with Crippen molar-refractivity contribution >= 4 is 11.6 Å². The highest BCUT2D eigenvalue weighted by Gasteiger charge is 2.06. The summed E-state index contributed by atoms with van der Waals surface area (Å²) < 4.78 is 11.3. The van der Waals surface area contributed by atoms with Gasteiger partial charge in [-0.2, -0.15) is 0 Å². The summed E-state index contributed by atoms with van der Waals surface area (Å²) in [7, 11) is 0. The Bertz CT molecular complexity index is 337. The van der Waals surface area contributed by atoms with Crippen LogP contribution < -0.4 is 9.47 Å². The molecule has 0 bridgehead atoms. The van der Waals surface area contributed by atoms with Crippen LogP contribution in [0.5, 0.6) is 11.5 Å². The smallest absolute Gasteiger partial charge is 0.161 e. The van der Waals surface area contributed by atoms with Gasteiger partial charge in [0, 0.05) is 5.88 Å². The molecule has 1 aromatic rings. The van der Waals surface area contributed by atoms with Crippen molar-refractivity contribution in [1.82, 2.24) is 0 Å². The number of rotatable bonds is 7. The van der Waals surface area contributed by atoms with E-state index in [0.717, 1.165) is 30.1 Å². The molecular weight excluding hydrogens is 236 g/mol. The summed E-state index contributed by atoms with van der Waals surface area (Å²) in [6.07, 6.45) is 1.04. The summed E-state index contributed by atoms with van der Waals surface area (Å²) in [5.74, 6) is 2.73.